The molecule has 4 heteroatoms. The van der Waals surface area contributed by atoms with Crippen LogP contribution >= 0.6 is 0 Å². The summed E-state index contributed by atoms with van der Waals surface area (Å²) in [6, 6.07) is 0. The quantitative estimate of drug-likeness (QED) is 0.395. The van der Waals surface area contributed by atoms with E-state index >= 15 is 0 Å². The Hall–Kier alpha value is 0.0969. The average Bonchev–Trinajstić information content (AvgIpc) is 3.41. The van der Waals surface area contributed by atoms with Crippen LogP contribution in [0, 0.1) is 40.4 Å². The molecular weight excluding hydrogens is 448 g/mol. The van der Waals surface area contributed by atoms with Gasteiger partial charge in [-0.2, -0.15) is 0 Å². The molecule has 0 spiro atoms. The van der Waals surface area contributed by atoms with E-state index in [9.17, 15) is 5.11 Å². The molecule has 0 aromatic carbocycles. The van der Waals surface area contributed by atoms with E-state index in [0.29, 0.717) is 22.5 Å². The Kier molecular flexibility index (Phi) is 6.72. The summed E-state index contributed by atoms with van der Waals surface area (Å²) < 4.78 is 13.0. The lowest BCUT2D eigenvalue weighted by Gasteiger charge is -2.62. The van der Waals surface area contributed by atoms with E-state index in [0.717, 1.165) is 43.1 Å². The van der Waals surface area contributed by atoms with Crippen molar-refractivity contribution in [1.82, 2.24) is 0 Å². The van der Waals surface area contributed by atoms with Crippen LogP contribution in [-0.4, -0.2) is 37.8 Å². The minimum Gasteiger partial charge on any atom is -0.414 e. The van der Waals surface area contributed by atoms with Crippen molar-refractivity contribution in [1.29, 1.82) is 0 Å². The highest BCUT2D eigenvalue weighted by molar-refractivity contribution is 6.74. The van der Waals surface area contributed by atoms with Gasteiger partial charge in [-0.05, 0) is 136 Å². The van der Waals surface area contributed by atoms with Gasteiger partial charge in [0.25, 0.3) is 0 Å². The lowest BCUT2D eigenvalue weighted by Crippen LogP contribution is -2.57. The second kappa shape index (κ2) is 8.81. The zero-order valence-corrected chi connectivity index (χ0v) is 25.3. The molecule has 0 aromatic heterocycles. The first-order valence-corrected chi connectivity index (χ1v) is 18.1. The molecule has 0 radical (unpaired) electrons. The molecule has 4 aliphatic carbocycles. The van der Waals surface area contributed by atoms with E-state index in [1.54, 1.807) is 0 Å². The zero-order chi connectivity index (χ0) is 25.4. The lowest BCUT2D eigenvalue weighted by molar-refractivity contribution is -0.167. The van der Waals surface area contributed by atoms with Gasteiger partial charge in [-0.15, -0.1) is 0 Å². The molecule has 3 nitrogen and oxygen atoms in total. The van der Waals surface area contributed by atoms with Crippen molar-refractivity contribution in [2.24, 2.45) is 40.4 Å². The largest absolute Gasteiger partial charge is 0.414 e. The van der Waals surface area contributed by atoms with Crippen molar-refractivity contribution in [2.45, 2.75) is 148 Å². The molecule has 0 unspecified atom stereocenters. The summed E-state index contributed by atoms with van der Waals surface area (Å²) >= 11 is 0. The Balaban J connectivity index is 1.30. The summed E-state index contributed by atoms with van der Waals surface area (Å²) in [6.45, 7) is 20.2. The van der Waals surface area contributed by atoms with Crippen molar-refractivity contribution in [3.63, 3.8) is 0 Å². The highest BCUT2D eigenvalue weighted by Gasteiger charge is 2.63. The van der Waals surface area contributed by atoms with Crippen molar-refractivity contribution in [3.05, 3.63) is 0 Å². The van der Waals surface area contributed by atoms with Crippen LogP contribution in [-0.2, 0) is 9.16 Å². The number of aliphatic hydroxyl groups is 1. The highest BCUT2D eigenvalue weighted by atomic mass is 28.4. The number of hydrogen-bond acceptors (Lipinski definition) is 3. The van der Waals surface area contributed by atoms with E-state index in [4.69, 9.17) is 9.16 Å². The van der Waals surface area contributed by atoms with Crippen molar-refractivity contribution < 1.29 is 14.3 Å². The summed E-state index contributed by atoms with van der Waals surface area (Å²) in [7, 11) is -1.71. The second-order valence-electron chi connectivity index (χ2n) is 15.8. The number of rotatable bonds is 4. The van der Waals surface area contributed by atoms with E-state index in [2.05, 4.69) is 54.6 Å². The molecule has 0 aromatic rings. The minimum absolute atomic E-state index is 0.0465. The Labute approximate surface area is 217 Å². The van der Waals surface area contributed by atoms with E-state index in [-0.39, 0.29) is 11.5 Å². The van der Waals surface area contributed by atoms with E-state index in [1.807, 2.05) is 0 Å². The molecule has 1 saturated heterocycles. The number of hydrogen-bond donors (Lipinski definition) is 1. The van der Waals surface area contributed by atoms with Gasteiger partial charge in [0.2, 0.25) is 0 Å². The molecule has 35 heavy (non-hydrogen) atoms. The molecular formula is C31H56O3Si. The molecule has 1 heterocycles. The van der Waals surface area contributed by atoms with E-state index in [1.165, 1.54) is 57.8 Å². The van der Waals surface area contributed by atoms with E-state index < -0.39 is 13.9 Å². The maximum Gasteiger partial charge on any atom is 0.192 e. The zero-order valence-electron chi connectivity index (χ0n) is 24.3. The summed E-state index contributed by atoms with van der Waals surface area (Å²) in [5, 5.41) is 12.1. The topological polar surface area (TPSA) is 38.7 Å². The molecule has 5 aliphatic rings. The molecule has 10 atom stereocenters. The van der Waals surface area contributed by atoms with Crippen LogP contribution < -0.4 is 0 Å². The summed E-state index contributed by atoms with van der Waals surface area (Å²) in [5.41, 5.74) is 0.0995. The third-order valence-electron chi connectivity index (χ3n) is 13.2. The lowest BCUT2D eigenvalue weighted by atomic mass is 9.44. The molecule has 0 bridgehead atoms. The first kappa shape index (κ1) is 26.7. The van der Waals surface area contributed by atoms with Crippen molar-refractivity contribution in [2.75, 3.05) is 6.61 Å². The third kappa shape index (κ3) is 4.23. The van der Waals surface area contributed by atoms with Crippen LogP contribution in [0.25, 0.3) is 0 Å². The van der Waals surface area contributed by atoms with Crippen LogP contribution in [0.2, 0.25) is 18.1 Å². The highest BCUT2D eigenvalue weighted by Crippen LogP contribution is 2.69. The normalized spacial score (nSPS) is 48.1. The van der Waals surface area contributed by atoms with Gasteiger partial charge in [0.1, 0.15) is 0 Å². The van der Waals surface area contributed by atoms with Crippen LogP contribution in [0.15, 0.2) is 0 Å². The Morgan fingerprint density at radius 1 is 0.857 bits per heavy atom. The van der Waals surface area contributed by atoms with Gasteiger partial charge in [0.15, 0.2) is 8.32 Å². The maximum absolute atomic E-state index is 11.8. The fraction of sp³-hybridized carbons (Fsp3) is 1.00. The molecule has 0 amide bonds. The fourth-order valence-electron chi connectivity index (χ4n) is 10.1. The van der Waals surface area contributed by atoms with Crippen LogP contribution in [0.1, 0.15) is 112 Å². The molecule has 5 rings (SSSR count). The summed E-state index contributed by atoms with van der Waals surface area (Å²) in [5.74, 6) is 3.75. The minimum atomic E-state index is -1.71. The Morgan fingerprint density at radius 2 is 1.54 bits per heavy atom. The molecule has 1 N–H and O–H groups in total. The average molecular weight is 505 g/mol. The molecule has 4 saturated carbocycles. The first-order valence-electron chi connectivity index (χ1n) is 15.2. The van der Waals surface area contributed by atoms with Gasteiger partial charge in [-0.3, -0.25) is 0 Å². The fourth-order valence-corrected chi connectivity index (χ4v) is 11.5. The molecule has 5 fully saturated rings. The van der Waals surface area contributed by atoms with Gasteiger partial charge < -0.3 is 14.3 Å². The van der Waals surface area contributed by atoms with Crippen molar-refractivity contribution in [3.8, 4) is 0 Å². The van der Waals surface area contributed by atoms with Gasteiger partial charge in [-0.1, -0.05) is 34.6 Å². The van der Waals surface area contributed by atoms with Crippen LogP contribution in [0.3, 0.4) is 0 Å². The standard InChI is InChI=1S/C31H56O3Si/c1-28(2,3)35(7,8)34-22-15-17-29(4)21(20-22)11-12-23-24-13-14-26(30(24,5)18-16-25(23)29)31(6,32)27-10-9-19-33-27/h21-27,32H,9-20H2,1-8H3/t21-,22-,23-,24-,25-,26-,27+,29-,30-,31+/m0/s1. The van der Waals surface area contributed by atoms with Gasteiger partial charge in [0, 0.05) is 12.7 Å². The third-order valence-corrected chi connectivity index (χ3v) is 17.7. The van der Waals surface area contributed by atoms with Crippen LogP contribution in [0.5, 0.6) is 0 Å². The Bertz CT molecular complexity index is 781. The SMILES string of the molecule is CC(C)(C)[Si](C)(C)O[C@H]1CC[C@@]2(C)[C@@H](CC[C@@H]3[C@@H]2CC[C@]2(C)[C@@H]([C@@](C)(O)[C@H]4CCCO4)CC[C@@H]32)C1. The maximum atomic E-state index is 11.8. The van der Waals surface area contributed by atoms with Crippen LogP contribution in [0.4, 0.5) is 0 Å². The second-order valence-corrected chi connectivity index (χ2v) is 20.6. The predicted molar refractivity (Wildman–Crippen MR) is 147 cm³/mol. The molecule has 1 aliphatic heterocycles. The number of fused-ring (bicyclic) bond motifs is 5. The van der Waals surface area contributed by atoms with Gasteiger partial charge in [-0.25, -0.2) is 0 Å². The smallest absolute Gasteiger partial charge is 0.192 e. The van der Waals surface area contributed by atoms with Crippen molar-refractivity contribution >= 4 is 8.32 Å². The first-order chi connectivity index (χ1) is 16.2. The van der Waals surface area contributed by atoms with Gasteiger partial charge >= 0.3 is 0 Å². The monoisotopic (exact) mass is 504 g/mol. The van der Waals surface area contributed by atoms with Gasteiger partial charge in [0.05, 0.1) is 11.7 Å². The Morgan fingerprint density at radius 3 is 2.20 bits per heavy atom. The molecule has 202 valence electrons. The summed E-state index contributed by atoms with van der Waals surface area (Å²) in [4.78, 5) is 0. The predicted octanol–water partition coefficient (Wildman–Crippen LogP) is 7.97. The number of ether oxygens (including phenoxy) is 1. The summed E-state index contributed by atoms with van der Waals surface area (Å²) in [6.07, 6.45) is 14.6.